The molecule has 0 aliphatic heterocycles. The molecule has 60 valence electrons. The number of ether oxygens (including phenoxy) is 1. The van der Waals surface area contributed by atoms with Gasteiger partial charge in [-0.1, -0.05) is 29.3 Å². The summed E-state index contributed by atoms with van der Waals surface area (Å²) in [4.78, 5) is 11.0. The molecule has 0 aromatic heterocycles. The first-order valence-corrected chi connectivity index (χ1v) is 3.75. The molecule has 1 aliphatic carbocycles. The first-order valence-electron chi connectivity index (χ1n) is 2.99. The molecule has 0 radical (unpaired) electrons. The predicted octanol–water partition coefficient (Wildman–Crippen LogP) is 2.18. The fourth-order valence-electron chi connectivity index (χ4n) is 0.769. The van der Waals surface area contributed by atoms with Gasteiger partial charge in [0.1, 0.15) is 10.8 Å². The van der Waals surface area contributed by atoms with Crippen LogP contribution in [0.25, 0.3) is 0 Å². The fourth-order valence-corrected chi connectivity index (χ4v) is 1.25. The van der Waals surface area contributed by atoms with E-state index in [2.05, 4.69) is 0 Å². The molecule has 4 heteroatoms. The number of Topliss-reactive ketones (excluding diaryl/α,β-unsaturated/α-hetero) is 1. The van der Waals surface area contributed by atoms with Gasteiger partial charge in [0.2, 0.25) is 5.78 Å². The molecule has 0 heterocycles. The highest BCUT2D eigenvalue weighted by atomic mass is 35.5. The summed E-state index contributed by atoms with van der Waals surface area (Å²) < 4.78 is 4.85. The quantitative estimate of drug-likeness (QED) is 0.637. The molecule has 0 aromatic carbocycles. The molecule has 0 N–H and O–H groups in total. The predicted molar refractivity (Wildman–Crippen MR) is 43.4 cm³/mol. The maximum absolute atomic E-state index is 11.0. The van der Waals surface area contributed by atoms with Gasteiger partial charge in [-0.15, -0.1) is 0 Å². The van der Waals surface area contributed by atoms with Crippen LogP contribution in [-0.2, 0) is 9.53 Å². The van der Waals surface area contributed by atoms with Crippen molar-refractivity contribution in [3.05, 3.63) is 21.9 Å². The van der Waals surface area contributed by atoms with E-state index < -0.39 is 0 Å². The molecule has 0 aromatic rings. The van der Waals surface area contributed by atoms with Gasteiger partial charge in [-0.05, 0) is 0 Å². The SMILES string of the molecule is COC1=C(Cl)C(=O)C(Cl)=CC1. The molecule has 1 rings (SSSR count). The Bertz CT molecular complexity index is 253. The summed E-state index contributed by atoms with van der Waals surface area (Å²) in [5, 5.41) is 0.246. The number of halogens is 2. The minimum Gasteiger partial charge on any atom is -0.499 e. The summed E-state index contributed by atoms with van der Waals surface area (Å²) in [5.41, 5.74) is 0. The van der Waals surface area contributed by atoms with E-state index in [0.29, 0.717) is 12.2 Å². The van der Waals surface area contributed by atoms with E-state index in [0.717, 1.165) is 0 Å². The Hall–Kier alpha value is -0.470. The number of rotatable bonds is 1. The molecule has 0 fully saturated rings. The molecule has 0 unspecified atom stereocenters. The third kappa shape index (κ3) is 1.57. The van der Waals surface area contributed by atoms with Crippen molar-refractivity contribution in [1.29, 1.82) is 0 Å². The van der Waals surface area contributed by atoms with E-state index in [9.17, 15) is 4.79 Å². The molecular weight excluding hydrogens is 187 g/mol. The zero-order chi connectivity index (χ0) is 8.43. The van der Waals surface area contributed by atoms with E-state index >= 15 is 0 Å². The van der Waals surface area contributed by atoms with Gasteiger partial charge in [-0.3, -0.25) is 4.79 Å². The Morgan fingerprint density at radius 1 is 1.55 bits per heavy atom. The molecule has 0 atom stereocenters. The van der Waals surface area contributed by atoms with Crippen molar-refractivity contribution in [3.63, 3.8) is 0 Å². The van der Waals surface area contributed by atoms with Crippen LogP contribution in [-0.4, -0.2) is 12.9 Å². The second kappa shape index (κ2) is 3.28. The first-order chi connectivity index (χ1) is 5.16. The average molecular weight is 193 g/mol. The molecule has 0 spiro atoms. The van der Waals surface area contributed by atoms with Crippen LogP contribution < -0.4 is 0 Å². The summed E-state index contributed by atoms with van der Waals surface area (Å²) in [5.74, 6) is 0.109. The molecule has 0 saturated carbocycles. The normalized spacial score (nSPS) is 18.5. The number of allylic oxidation sites excluding steroid dienone is 3. The van der Waals surface area contributed by atoms with E-state index in [4.69, 9.17) is 27.9 Å². The van der Waals surface area contributed by atoms with Crippen LogP contribution in [0.15, 0.2) is 21.9 Å². The molecule has 1 aliphatic rings. The third-order valence-corrected chi connectivity index (χ3v) is 2.08. The lowest BCUT2D eigenvalue weighted by Crippen LogP contribution is -2.07. The average Bonchev–Trinajstić information content (AvgIpc) is 2.01. The Balaban J connectivity index is 2.94. The first kappa shape index (κ1) is 8.62. The van der Waals surface area contributed by atoms with Crippen molar-refractivity contribution in [3.8, 4) is 0 Å². The Morgan fingerprint density at radius 2 is 2.18 bits per heavy atom. The summed E-state index contributed by atoms with van der Waals surface area (Å²) in [6.45, 7) is 0. The minimum absolute atomic E-state index is 0.0833. The second-order valence-electron chi connectivity index (χ2n) is 2.03. The molecule has 0 saturated heterocycles. The Kier molecular flexibility index (Phi) is 2.58. The van der Waals surface area contributed by atoms with Crippen molar-refractivity contribution in [2.75, 3.05) is 7.11 Å². The molecule has 0 bridgehead atoms. The van der Waals surface area contributed by atoms with Crippen molar-refractivity contribution in [2.45, 2.75) is 6.42 Å². The zero-order valence-electron chi connectivity index (χ0n) is 5.86. The van der Waals surface area contributed by atoms with Crippen molar-refractivity contribution in [1.82, 2.24) is 0 Å². The number of carbonyl (C=O) groups is 1. The van der Waals surface area contributed by atoms with E-state index in [-0.39, 0.29) is 15.8 Å². The second-order valence-corrected chi connectivity index (χ2v) is 2.81. The van der Waals surface area contributed by atoms with Crippen molar-refractivity contribution >= 4 is 29.0 Å². The maximum atomic E-state index is 11.0. The number of ketones is 1. The van der Waals surface area contributed by atoms with Crippen LogP contribution >= 0.6 is 23.2 Å². The number of hydrogen-bond acceptors (Lipinski definition) is 2. The smallest absolute Gasteiger partial charge is 0.218 e. The van der Waals surface area contributed by atoms with Gasteiger partial charge < -0.3 is 4.74 Å². The number of hydrogen-bond donors (Lipinski definition) is 0. The molecule has 11 heavy (non-hydrogen) atoms. The third-order valence-electron chi connectivity index (χ3n) is 1.37. The highest BCUT2D eigenvalue weighted by Crippen LogP contribution is 2.26. The Labute approximate surface area is 74.4 Å². The van der Waals surface area contributed by atoms with Gasteiger partial charge in [-0.2, -0.15) is 0 Å². The van der Waals surface area contributed by atoms with Crippen LogP contribution in [0.1, 0.15) is 6.42 Å². The fraction of sp³-hybridized carbons (Fsp3) is 0.286. The van der Waals surface area contributed by atoms with Crippen LogP contribution in [0.5, 0.6) is 0 Å². The summed E-state index contributed by atoms with van der Waals surface area (Å²) in [7, 11) is 1.47. The van der Waals surface area contributed by atoms with Crippen molar-refractivity contribution < 1.29 is 9.53 Å². The summed E-state index contributed by atoms with van der Waals surface area (Å²) >= 11 is 11.1. The van der Waals surface area contributed by atoms with Crippen LogP contribution in [0.4, 0.5) is 0 Å². The number of methoxy groups -OCH3 is 1. The maximum Gasteiger partial charge on any atom is 0.218 e. The van der Waals surface area contributed by atoms with E-state index in [1.54, 1.807) is 6.08 Å². The van der Waals surface area contributed by atoms with Gasteiger partial charge in [0.25, 0.3) is 0 Å². The van der Waals surface area contributed by atoms with Crippen molar-refractivity contribution in [2.24, 2.45) is 0 Å². The van der Waals surface area contributed by atoms with Gasteiger partial charge >= 0.3 is 0 Å². The Morgan fingerprint density at radius 3 is 2.73 bits per heavy atom. The standard InChI is InChI=1S/C7H6Cl2O2/c1-11-5-3-2-4(8)7(10)6(5)9/h2H,3H2,1H3. The minimum atomic E-state index is -0.364. The van der Waals surface area contributed by atoms with Gasteiger partial charge in [0.15, 0.2) is 0 Å². The van der Waals surface area contributed by atoms with Crippen LogP contribution in [0.2, 0.25) is 0 Å². The largest absolute Gasteiger partial charge is 0.499 e. The van der Waals surface area contributed by atoms with Crippen LogP contribution in [0, 0.1) is 0 Å². The molecule has 2 nitrogen and oxygen atoms in total. The zero-order valence-corrected chi connectivity index (χ0v) is 7.37. The lowest BCUT2D eigenvalue weighted by atomic mass is 10.1. The molecular formula is C7H6Cl2O2. The van der Waals surface area contributed by atoms with Gasteiger partial charge in [-0.25, -0.2) is 0 Å². The topological polar surface area (TPSA) is 26.3 Å². The highest BCUT2D eigenvalue weighted by Gasteiger charge is 2.20. The lowest BCUT2D eigenvalue weighted by Gasteiger charge is -2.10. The summed E-state index contributed by atoms with van der Waals surface area (Å²) in [6.07, 6.45) is 2.06. The van der Waals surface area contributed by atoms with Gasteiger partial charge in [0.05, 0.1) is 12.1 Å². The number of carbonyl (C=O) groups excluding carboxylic acids is 1. The van der Waals surface area contributed by atoms with E-state index in [1.807, 2.05) is 0 Å². The van der Waals surface area contributed by atoms with Gasteiger partial charge in [0, 0.05) is 6.42 Å². The molecule has 0 amide bonds. The van der Waals surface area contributed by atoms with Crippen LogP contribution in [0.3, 0.4) is 0 Å². The monoisotopic (exact) mass is 192 g/mol. The lowest BCUT2D eigenvalue weighted by molar-refractivity contribution is -0.111. The summed E-state index contributed by atoms with van der Waals surface area (Å²) in [6, 6.07) is 0. The van der Waals surface area contributed by atoms with E-state index in [1.165, 1.54) is 7.11 Å². The highest BCUT2D eigenvalue weighted by molar-refractivity contribution is 6.55.